The molecule has 0 saturated carbocycles. The molecule has 3 rings (SSSR count). The Morgan fingerprint density at radius 1 is 1.17 bits per heavy atom. The molecule has 1 heterocycles. The van der Waals surface area contributed by atoms with E-state index < -0.39 is 20.7 Å². The highest BCUT2D eigenvalue weighted by Crippen LogP contribution is 2.21. The Morgan fingerprint density at radius 3 is 2.79 bits per heavy atom. The number of sulfonamides is 1. The van der Waals surface area contributed by atoms with Crippen molar-refractivity contribution in [2.45, 2.75) is 17.9 Å². The van der Waals surface area contributed by atoms with E-state index in [1.165, 1.54) is 18.2 Å². The lowest BCUT2D eigenvalue weighted by Gasteiger charge is -2.09. The molecule has 0 radical (unpaired) electrons. The van der Waals surface area contributed by atoms with Crippen LogP contribution in [-0.4, -0.2) is 24.5 Å². The van der Waals surface area contributed by atoms with Crippen molar-refractivity contribution in [1.82, 2.24) is 14.3 Å². The molecule has 2 aromatic carbocycles. The number of fused-ring (bicyclic) bond motifs is 1. The molecule has 8 heteroatoms. The summed E-state index contributed by atoms with van der Waals surface area (Å²) in [5, 5.41) is -0.220. The summed E-state index contributed by atoms with van der Waals surface area (Å²) < 4.78 is 42.5. The molecule has 1 N–H and O–H groups in total. The van der Waals surface area contributed by atoms with Crippen LogP contribution in [0.25, 0.3) is 11.0 Å². The zero-order valence-corrected chi connectivity index (χ0v) is 14.2. The van der Waals surface area contributed by atoms with E-state index in [9.17, 15) is 12.8 Å². The molecule has 0 saturated heterocycles. The van der Waals surface area contributed by atoms with Gasteiger partial charge in [0.2, 0.25) is 10.0 Å². The molecule has 0 aliphatic rings. The smallest absolute Gasteiger partial charge is 0.243 e. The van der Waals surface area contributed by atoms with Crippen LogP contribution in [0.3, 0.4) is 0 Å². The maximum atomic E-state index is 13.8. The molecule has 0 atom stereocenters. The maximum Gasteiger partial charge on any atom is 0.243 e. The Labute approximate surface area is 144 Å². The number of halogens is 2. The van der Waals surface area contributed by atoms with Crippen molar-refractivity contribution in [3.05, 3.63) is 59.6 Å². The molecule has 5 nitrogen and oxygen atoms in total. The molecule has 126 valence electrons. The van der Waals surface area contributed by atoms with Crippen LogP contribution in [0.15, 0.2) is 53.7 Å². The second kappa shape index (κ2) is 6.88. The summed E-state index contributed by atoms with van der Waals surface area (Å²) in [5.74, 6) is -0.938. The van der Waals surface area contributed by atoms with Crippen LogP contribution >= 0.6 is 11.6 Å². The van der Waals surface area contributed by atoms with E-state index in [2.05, 4.69) is 9.71 Å². The molecule has 0 aliphatic heterocycles. The van der Waals surface area contributed by atoms with Gasteiger partial charge in [-0.1, -0.05) is 29.8 Å². The summed E-state index contributed by atoms with van der Waals surface area (Å²) in [6.07, 6.45) is 2.26. The van der Waals surface area contributed by atoms with Crippen molar-refractivity contribution in [2.24, 2.45) is 0 Å². The van der Waals surface area contributed by atoms with Crippen LogP contribution < -0.4 is 4.72 Å². The number of para-hydroxylation sites is 2. The van der Waals surface area contributed by atoms with Crippen LogP contribution in [0, 0.1) is 5.82 Å². The van der Waals surface area contributed by atoms with E-state index >= 15 is 0 Å². The predicted octanol–water partition coefficient (Wildman–Crippen LogP) is 3.20. The highest BCUT2D eigenvalue weighted by atomic mass is 35.5. The maximum absolute atomic E-state index is 13.8. The van der Waals surface area contributed by atoms with Crippen molar-refractivity contribution in [2.75, 3.05) is 6.54 Å². The number of benzene rings is 2. The van der Waals surface area contributed by atoms with Crippen LogP contribution in [0.2, 0.25) is 5.02 Å². The van der Waals surface area contributed by atoms with Crippen LogP contribution in [-0.2, 0) is 16.6 Å². The zero-order valence-electron chi connectivity index (χ0n) is 12.6. The van der Waals surface area contributed by atoms with Gasteiger partial charge in [0, 0.05) is 13.1 Å². The molecule has 24 heavy (non-hydrogen) atoms. The summed E-state index contributed by atoms with van der Waals surface area (Å²) in [6, 6.07) is 11.6. The van der Waals surface area contributed by atoms with Gasteiger partial charge in [0.15, 0.2) is 5.82 Å². The van der Waals surface area contributed by atoms with Gasteiger partial charge < -0.3 is 4.57 Å². The number of nitrogens with one attached hydrogen (secondary N) is 1. The average Bonchev–Trinajstić information content (AvgIpc) is 2.97. The number of aryl methyl sites for hydroxylation is 1. The molecule has 0 bridgehead atoms. The summed E-state index contributed by atoms with van der Waals surface area (Å²) in [7, 11) is -3.93. The number of nitrogens with zero attached hydrogens (tertiary/aromatic N) is 2. The van der Waals surface area contributed by atoms with Crippen LogP contribution in [0.4, 0.5) is 4.39 Å². The number of hydrogen-bond acceptors (Lipinski definition) is 3. The van der Waals surface area contributed by atoms with E-state index in [0.717, 1.165) is 11.0 Å². The Morgan fingerprint density at radius 2 is 1.96 bits per heavy atom. The summed E-state index contributed by atoms with van der Waals surface area (Å²) in [4.78, 5) is 3.83. The fourth-order valence-corrected chi connectivity index (χ4v) is 3.82. The summed E-state index contributed by atoms with van der Waals surface area (Å²) in [6.45, 7) is 0.780. The normalized spacial score (nSPS) is 11.9. The van der Waals surface area contributed by atoms with Gasteiger partial charge in [0.25, 0.3) is 0 Å². The van der Waals surface area contributed by atoms with Crippen LogP contribution in [0.1, 0.15) is 6.42 Å². The van der Waals surface area contributed by atoms with Crippen molar-refractivity contribution < 1.29 is 12.8 Å². The highest BCUT2D eigenvalue weighted by molar-refractivity contribution is 7.89. The first-order valence-corrected chi connectivity index (χ1v) is 9.19. The van der Waals surface area contributed by atoms with E-state index in [-0.39, 0.29) is 11.6 Å². The van der Waals surface area contributed by atoms with Gasteiger partial charge in [-0.3, -0.25) is 0 Å². The summed E-state index contributed by atoms with van der Waals surface area (Å²) in [5.41, 5.74) is 1.88. The Balaban J connectivity index is 1.63. The second-order valence-corrected chi connectivity index (χ2v) is 7.37. The Kier molecular flexibility index (Phi) is 4.84. The molecule has 0 aliphatic carbocycles. The minimum absolute atomic E-state index is 0.181. The lowest BCUT2D eigenvalue weighted by Crippen LogP contribution is -2.26. The first-order valence-electron chi connectivity index (χ1n) is 7.32. The molecule has 0 amide bonds. The zero-order chi connectivity index (χ0) is 17.2. The molecule has 0 spiro atoms. The molecule has 0 unspecified atom stereocenters. The topological polar surface area (TPSA) is 64.0 Å². The lowest BCUT2D eigenvalue weighted by molar-refractivity contribution is 0.551. The van der Waals surface area contributed by atoms with Crippen LogP contribution in [0.5, 0.6) is 0 Å². The Hall–Kier alpha value is -1.96. The van der Waals surface area contributed by atoms with Gasteiger partial charge in [-0.05, 0) is 30.7 Å². The van der Waals surface area contributed by atoms with E-state index in [4.69, 9.17) is 11.6 Å². The predicted molar refractivity (Wildman–Crippen MR) is 90.9 cm³/mol. The third kappa shape index (κ3) is 3.43. The van der Waals surface area contributed by atoms with Gasteiger partial charge in [-0.25, -0.2) is 22.5 Å². The van der Waals surface area contributed by atoms with Crippen molar-refractivity contribution in [1.29, 1.82) is 0 Å². The minimum atomic E-state index is -3.93. The van der Waals surface area contributed by atoms with Crippen molar-refractivity contribution >= 4 is 32.7 Å². The first kappa shape index (κ1) is 16.9. The van der Waals surface area contributed by atoms with E-state index in [0.29, 0.717) is 13.0 Å². The standard InChI is InChI=1S/C16H15ClFN3O2S/c17-12-5-3-8-15(16(12)18)24(22,23)20-9-4-10-21-11-19-13-6-1-2-7-14(13)21/h1-3,5-8,11,20H,4,9-10H2. The number of aromatic nitrogens is 2. The average molecular weight is 368 g/mol. The number of hydrogen-bond donors (Lipinski definition) is 1. The highest BCUT2D eigenvalue weighted by Gasteiger charge is 2.20. The van der Waals surface area contributed by atoms with E-state index in [1.807, 2.05) is 28.8 Å². The second-order valence-electron chi connectivity index (χ2n) is 5.23. The minimum Gasteiger partial charge on any atom is -0.331 e. The van der Waals surface area contributed by atoms with Gasteiger partial charge in [0.05, 0.1) is 22.4 Å². The quantitative estimate of drug-likeness (QED) is 0.680. The van der Waals surface area contributed by atoms with Crippen molar-refractivity contribution in [3.8, 4) is 0 Å². The largest absolute Gasteiger partial charge is 0.331 e. The number of imidazole rings is 1. The lowest BCUT2D eigenvalue weighted by atomic mass is 10.3. The van der Waals surface area contributed by atoms with E-state index in [1.54, 1.807) is 6.33 Å². The SMILES string of the molecule is O=S(=O)(NCCCn1cnc2ccccc21)c1cccc(Cl)c1F. The molecular weight excluding hydrogens is 353 g/mol. The summed E-state index contributed by atoms with van der Waals surface area (Å²) >= 11 is 5.63. The fourth-order valence-electron chi connectivity index (χ4n) is 2.41. The third-order valence-electron chi connectivity index (χ3n) is 3.60. The molecule has 0 fully saturated rings. The molecule has 3 aromatic rings. The van der Waals surface area contributed by atoms with Gasteiger partial charge in [-0.15, -0.1) is 0 Å². The third-order valence-corrected chi connectivity index (χ3v) is 5.37. The van der Waals surface area contributed by atoms with Gasteiger partial charge in [-0.2, -0.15) is 0 Å². The molecule has 1 aromatic heterocycles. The monoisotopic (exact) mass is 367 g/mol. The Bertz CT molecular complexity index is 972. The first-order chi connectivity index (χ1) is 11.5. The molecular formula is C16H15ClFN3O2S. The van der Waals surface area contributed by atoms with Crippen molar-refractivity contribution in [3.63, 3.8) is 0 Å². The van der Waals surface area contributed by atoms with Gasteiger partial charge >= 0.3 is 0 Å². The van der Waals surface area contributed by atoms with Gasteiger partial charge in [0.1, 0.15) is 4.90 Å². The number of rotatable bonds is 6. The fraction of sp³-hybridized carbons (Fsp3) is 0.188.